The molecule has 0 unspecified atom stereocenters. The number of esters is 1. The van der Waals surface area contributed by atoms with E-state index in [1.807, 2.05) is 30.3 Å². The Morgan fingerprint density at radius 2 is 1.95 bits per heavy atom. The number of methoxy groups -OCH3 is 1. The lowest BCUT2D eigenvalue weighted by atomic mass is 10.0. The van der Waals surface area contributed by atoms with Crippen LogP contribution in [0.3, 0.4) is 0 Å². The third-order valence-electron chi connectivity index (χ3n) is 2.84. The molecule has 0 saturated carbocycles. The minimum Gasteiger partial charge on any atom is -0.451 e. The second kappa shape index (κ2) is 10.7. The molecule has 0 aliphatic carbocycles. The molecule has 0 aliphatic heterocycles. The molecule has 0 aliphatic rings. The van der Waals surface area contributed by atoms with Crippen molar-refractivity contribution in [2.45, 2.75) is 12.2 Å². The van der Waals surface area contributed by atoms with Crippen molar-refractivity contribution >= 4 is 5.97 Å². The summed E-state index contributed by atoms with van der Waals surface area (Å²) in [5, 5.41) is 0. The van der Waals surface area contributed by atoms with Crippen LogP contribution >= 0.6 is 0 Å². The van der Waals surface area contributed by atoms with Crippen molar-refractivity contribution < 1.29 is 23.7 Å². The second-order valence-corrected chi connectivity index (χ2v) is 4.36. The lowest BCUT2D eigenvalue weighted by Crippen LogP contribution is -2.26. The van der Waals surface area contributed by atoms with Gasteiger partial charge in [0, 0.05) is 13.2 Å². The van der Waals surface area contributed by atoms with Crippen LogP contribution in [0.1, 0.15) is 11.7 Å². The monoisotopic (exact) mass is 306 g/mol. The SMILES string of the molecule is C=CC(=O)O[C@@H](c1ccccc1)[C@H](C=C)OCOCCOC. The van der Waals surface area contributed by atoms with Crippen molar-refractivity contribution in [3.63, 3.8) is 0 Å². The van der Waals surface area contributed by atoms with Gasteiger partial charge in [-0.05, 0) is 5.56 Å². The van der Waals surface area contributed by atoms with E-state index >= 15 is 0 Å². The van der Waals surface area contributed by atoms with Gasteiger partial charge in [0.15, 0.2) is 6.10 Å². The highest BCUT2D eigenvalue weighted by atomic mass is 16.7. The average Bonchev–Trinajstić information content (AvgIpc) is 2.57. The van der Waals surface area contributed by atoms with Gasteiger partial charge in [-0.25, -0.2) is 4.79 Å². The number of carbonyl (C=O) groups is 1. The van der Waals surface area contributed by atoms with E-state index in [0.717, 1.165) is 11.6 Å². The molecule has 1 aromatic carbocycles. The summed E-state index contributed by atoms with van der Waals surface area (Å²) in [6.45, 7) is 8.09. The maximum absolute atomic E-state index is 11.6. The summed E-state index contributed by atoms with van der Waals surface area (Å²) in [7, 11) is 1.59. The van der Waals surface area contributed by atoms with Crippen molar-refractivity contribution in [1.29, 1.82) is 0 Å². The molecule has 120 valence electrons. The number of ether oxygens (including phenoxy) is 4. The molecule has 0 fully saturated rings. The normalized spacial score (nSPS) is 13.1. The molecule has 1 rings (SSSR count). The Hall–Kier alpha value is -1.95. The third kappa shape index (κ3) is 6.22. The first-order valence-corrected chi connectivity index (χ1v) is 6.91. The molecule has 5 heteroatoms. The van der Waals surface area contributed by atoms with Gasteiger partial charge >= 0.3 is 5.97 Å². The highest BCUT2D eigenvalue weighted by Crippen LogP contribution is 2.24. The lowest BCUT2D eigenvalue weighted by Gasteiger charge is -2.24. The fourth-order valence-corrected chi connectivity index (χ4v) is 1.75. The zero-order valence-corrected chi connectivity index (χ0v) is 12.8. The Kier molecular flexibility index (Phi) is 8.83. The highest BCUT2D eigenvalue weighted by Gasteiger charge is 2.24. The molecule has 0 bridgehead atoms. The smallest absolute Gasteiger partial charge is 0.330 e. The highest BCUT2D eigenvalue weighted by molar-refractivity contribution is 5.81. The van der Waals surface area contributed by atoms with Crippen LogP contribution in [0.5, 0.6) is 0 Å². The van der Waals surface area contributed by atoms with E-state index in [4.69, 9.17) is 18.9 Å². The summed E-state index contributed by atoms with van der Waals surface area (Å²) < 4.78 is 21.1. The molecule has 22 heavy (non-hydrogen) atoms. The number of carbonyl (C=O) groups excluding carboxylic acids is 1. The van der Waals surface area contributed by atoms with Crippen LogP contribution in [0.2, 0.25) is 0 Å². The van der Waals surface area contributed by atoms with Gasteiger partial charge in [-0.2, -0.15) is 0 Å². The molecule has 0 spiro atoms. The van der Waals surface area contributed by atoms with Crippen LogP contribution in [-0.2, 0) is 23.7 Å². The third-order valence-corrected chi connectivity index (χ3v) is 2.84. The van der Waals surface area contributed by atoms with Gasteiger partial charge < -0.3 is 18.9 Å². The Bertz CT molecular complexity index is 457. The first-order chi connectivity index (χ1) is 10.7. The van der Waals surface area contributed by atoms with Crippen molar-refractivity contribution in [2.75, 3.05) is 27.1 Å². The van der Waals surface area contributed by atoms with Gasteiger partial charge in [0.25, 0.3) is 0 Å². The van der Waals surface area contributed by atoms with Gasteiger partial charge in [0.05, 0.1) is 13.2 Å². The van der Waals surface area contributed by atoms with Crippen molar-refractivity contribution in [3.8, 4) is 0 Å². The molecular formula is C17H22O5. The first kappa shape index (κ1) is 18.1. The minimum atomic E-state index is -0.616. The molecule has 1 aromatic rings. The Labute approximate surface area is 131 Å². The van der Waals surface area contributed by atoms with Crippen molar-refractivity contribution in [1.82, 2.24) is 0 Å². The summed E-state index contributed by atoms with van der Waals surface area (Å²) >= 11 is 0. The Balaban J connectivity index is 2.72. The first-order valence-electron chi connectivity index (χ1n) is 6.91. The lowest BCUT2D eigenvalue weighted by molar-refractivity contribution is -0.158. The molecule has 0 N–H and O–H groups in total. The summed E-state index contributed by atoms with van der Waals surface area (Å²) in [6, 6.07) is 9.31. The molecule has 0 radical (unpaired) electrons. The molecule has 5 nitrogen and oxygen atoms in total. The van der Waals surface area contributed by atoms with Crippen LogP contribution in [0.15, 0.2) is 55.6 Å². The minimum absolute atomic E-state index is 0.0506. The second-order valence-electron chi connectivity index (χ2n) is 4.36. The molecule has 2 atom stereocenters. The summed E-state index contributed by atoms with van der Waals surface area (Å²) in [4.78, 5) is 11.6. The molecular weight excluding hydrogens is 284 g/mol. The van der Waals surface area contributed by atoms with Crippen LogP contribution in [0, 0.1) is 0 Å². The number of benzene rings is 1. The standard InChI is InChI=1S/C17H22O5/c1-4-15(21-13-20-12-11-19-3)17(22-16(18)5-2)14-9-7-6-8-10-14/h4-10,15,17H,1-2,11-13H2,3H3/t15-,17-/m0/s1. The van der Waals surface area contributed by atoms with Crippen LogP contribution in [0.4, 0.5) is 0 Å². The van der Waals surface area contributed by atoms with Gasteiger partial charge in [-0.3, -0.25) is 0 Å². The fourth-order valence-electron chi connectivity index (χ4n) is 1.75. The van der Waals surface area contributed by atoms with E-state index in [-0.39, 0.29) is 6.79 Å². The van der Waals surface area contributed by atoms with Crippen LogP contribution in [0.25, 0.3) is 0 Å². The van der Waals surface area contributed by atoms with Crippen molar-refractivity contribution in [2.24, 2.45) is 0 Å². The maximum Gasteiger partial charge on any atom is 0.330 e. The fraction of sp³-hybridized carbons (Fsp3) is 0.353. The Morgan fingerprint density at radius 3 is 2.55 bits per heavy atom. The van der Waals surface area contributed by atoms with Gasteiger partial charge in [-0.15, -0.1) is 6.58 Å². The number of hydrogen-bond donors (Lipinski definition) is 0. The van der Waals surface area contributed by atoms with E-state index < -0.39 is 18.2 Å². The summed E-state index contributed by atoms with van der Waals surface area (Å²) in [5.74, 6) is -0.524. The predicted molar refractivity (Wildman–Crippen MR) is 83.2 cm³/mol. The van der Waals surface area contributed by atoms with E-state index in [1.165, 1.54) is 0 Å². The van der Waals surface area contributed by atoms with Gasteiger partial charge in [-0.1, -0.05) is 43.0 Å². The van der Waals surface area contributed by atoms with Gasteiger partial charge in [0.2, 0.25) is 0 Å². The number of rotatable bonds is 11. The summed E-state index contributed by atoms with van der Waals surface area (Å²) in [5.41, 5.74) is 0.805. The predicted octanol–water partition coefficient (Wildman–Crippen LogP) is 2.65. The molecule has 0 saturated heterocycles. The zero-order chi connectivity index (χ0) is 16.2. The van der Waals surface area contributed by atoms with E-state index in [0.29, 0.717) is 13.2 Å². The van der Waals surface area contributed by atoms with Crippen LogP contribution < -0.4 is 0 Å². The van der Waals surface area contributed by atoms with E-state index in [2.05, 4.69) is 13.2 Å². The molecule has 0 heterocycles. The summed E-state index contributed by atoms with van der Waals surface area (Å²) in [6.07, 6.45) is 1.54. The average molecular weight is 306 g/mol. The zero-order valence-electron chi connectivity index (χ0n) is 12.8. The quantitative estimate of drug-likeness (QED) is 0.207. The topological polar surface area (TPSA) is 54.0 Å². The number of hydrogen-bond acceptors (Lipinski definition) is 5. The van der Waals surface area contributed by atoms with Gasteiger partial charge in [0.1, 0.15) is 12.9 Å². The molecule has 0 amide bonds. The van der Waals surface area contributed by atoms with E-state index in [9.17, 15) is 4.79 Å². The van der Waals surface area contributed by atoms with E-state index in [1.54, 1.807) is 13.2 Å². The molecule has 0 aromatic heterocycles. The Morgan fingerprint density at radius 1 is 1.23 bits per heavy atom. The van der Waals surface area contributed by atoms with Crippen molar-refractivity contribution in [3.05, 3.63) is 61.2 Å². The van der Waals surface area contributed by atoms with Crippen LogP contribution in [-0.4, -0.2) is 39.2 Å². The largest absolute Gasteiger partial charge is 0.451 e. The maximum atomic E-state index is 11.6.